The van der Waals surface area contributed by atoms with Crippen molar-refractivity contribution in [3.8, 4) is 11.5 Å². The maximum absolute atomic E-state index is 13.0. The van der Waals surface area contributed by atoms with E-state index in [-0.39, 0.29) is 12.2 Å². The van der Waals surface area contributed by atoms with Gasteiger partial charge >= 0.3 is 5.97 Å². The normalized spacial score (nSPS) is 12.8. The van der Waals surface area contributed by atoms with Crippen LogP contribution in [-0.4, -0.2) is 58.9 Å². The number of allylic oxidation sites excluding steroid dienone is 1. The van der Waals surface area contributed by atoms with Gasteiger partial charge in [-0.05, 0) is 29.7 Å². The van der Waals surface area contributed by atoms with Crippen LogP contribution in [0.2, 0.25) is 0 Å². The lowest BCUT2D eigenvalue weighted by Gasteiger charge is -2.22. The Labute approximate surface area is 223 Å². The predicted molar refractivity (Wildman–Crippen MR) is 142 cm³/mol. The van der Waals surface area contributed by atoms with Crippen molar-refractivity contribution < 1.29 is 38.0 Å². The Balaban J connectivity index is 2.12. The third-order valence-corrected chi connectivity index (χ3v) is 6.63. The molecule has 2 rings (SSSR count). The first-order chi connectivity index (χ1) is 18.0. The summed E-state index contributed by atoms with van der Waals surface area (Å²) < 4.78 is 23.0. The number of hydrogen-bond donors (Lipinski definition) is 3. The van der Waals surface area contributed by atoms with Gasteiger partial charge in [0.05, 0.1) is 38.2 Å². The molecular formula is C27H32N2O8S. The largest absolute Gasteiger partial charge is 0.497 e. The summed E-state index contributed by atoms with van der Waals surface area (Å²) in [4.78, 5) is 49.9. The first-order valence-corrected chi connectivity index (χ1v) is 13.2. The van der Waals surface area contributed by atoms with E-state index >= 15 is 0 Å². The van der Waals surface area contributed by atoms with Crippen molar-refractivity contribution in [3.63, 3.8) is 0 Å². The van der Waals surface area contributed by atoms with E-state index in [1.807, 2.05) is 0 Å². The highest BCUT2D eigenvalue weighted by Gasteiger charge is 2.27. The van der Waals surface area contributed by atoms with E-state index in [4.69, 9.17) is 9.47 Å². The van der Waals surface area contributed by atoms with E-state index in [2.05, 4.69) is 10.6 Å². The van der Waals surface area contributed by atoms with Crippen LogP contribution >= 0.6 is 0 Å². The molecule has 3 N–H and O–H groups in total. The summed E-state index contributed by atoms with van der Waals surface area (Å²) in [5.41, 5.74) is 0.773. The van der Waals surface area contributed by atoms with E-state index in [0.29, 0.717) is 23.1 Å². The molecule has 0 heterocycles. The first kappa shape index (κ1) is 30.2. The first-order valence-electron chi connectivity index (χ1n) is 11.7. The Hall–Kier alpha value is -3.99. The second-order valence-electron chi connectivity index (χ2n) is 8.67. The predicted octanol–water partition coefficient (Wildman–Crippen LogP) is 1.99. The van der Waals surface area contributed by atoms with Crippen molar-refractivity contribution in [3.05, 3.63) is 71.4 Å². The van der Waals surface area contributed by atoms with Gasteiger partial charge < -0.3 is 25.2 Å². The van der Waals surface area contributed by atoms with Crippen molar-refractivity contribution in [1.29, 1.82) is 0 Å². The molecule has 1 unspecified atom stereocenters. The second-order valence-corrected chi connectivity index (χ2v) is 10.1. The Bertz CT molecular complexity index is 1210. The summed E-state index contributed by atoms with van der Waals surface area (Å²) in [5, 5.41) is 14.2. The number of benzene rings is 2. The Morgan fingerprint density at radius 1 is 1.03 bits per heavy atom. The van der Waals surface area contributed by atoms with Crippen LogP contribution in [-0.2, 0) is 42.2 Å². The topological polar surface area (TPSA) is 148 Å². The monoisotopic (exact) mass is 544 g/mol. The quantitative estimate of drug-likeness (QED) is 0.306. The van der Waals surface area contributed by atoms with Gasteiger partial charge in [-0.15, -0.1) is 0 Å². The van der Waals surface area contributed by atoms with E-state index in [1.165, 1.54) is 14.2 Å². The Morgan fingerprint density at radius 3 is 2.29 bits per heavy atom. The second kappa shape index (κ2) is 14.7. The van der Waals surface area contributed by atoms with Crippen LogP contribution in [0, 0.1) is 5.92 Å². The maximum atomic E-state index is 13.0. The molecule has 10 nitrogen and oxygen atoms in total. The number of ketones is 1. The number of carboxylic acid groups (broad SMARTS) is 1. The summed E-state index contributed by atoms with van der Waals surface area (Å²) in [6.07, 6.45) is 0.437. The summed E-state index contributed by atoms with van der Waals surface area (Å²) in [7, 11) is 1.32. The number of amides is 2. The summed E-state index contributed by atoms with van der Waals surface area (Å²) in [6, 6.07) is 12.8. The molecule has 11 heteroatoms. The number of hydrogen-bond acceptors (Lipinski definition) is 7. The molecule has 0 saturated heterocycles. The molecule has 0 bridgehead atoms. The van der Waals surface area contributed by atoms with Gasteiger partial charge in [0.15, 0.2) is 5.78 Å². The molecule has 2 atom stereocenters. The van der Waals surface area contributed by atoms with E-state index < -0.39 is 57.8 Å². The van der Waals surface area contributed by atoms with Crippen molar-refractivity contribution >= 4 is 34.4 Å². The van der Waals surface area contributed by atoms with Gasteiger partial charge in [-0.25, -0.2) is 4.79 Å². The third-order valence-electron chi connectivity index (χ3n) is 5.39. The van der Waals surface area contributed by atoms with Crippen LogP contribution in [0.1, 0.15) is 25.0 Å². The maximum Gasteiger partial charge on any atom is 0.330 e. The summed E-state index contributed by atoms with van der Waals surface area (Å²) in [6.45, 7) is 3.38. The number of ether oxygens (including phenoxy) is 2. The highest BCUT2D eigenvalue weighted by Crippen LogP contribution is 2.24. The zero-order chi connectivity index (χ0) is 28.2. The number of carbonyl (C=O) groups is 4. The molecule has 0 radical (unpaired) electrons. The van der Waals surface area contributed by atoms with Gasteiger partial charge in [0, 0.05) is 22.1 Å². The van der Waals surface area contributed by atoms with Crippen LogP contribution < -0.4 is 20.1 Å². The zero-order valence-electron chi connectivity index (χ0n) is 21.7. The van der Waals surface area contributed by atoms with Crippen molar-refractivity contribution in [2.24, 2.45) is 5.92 Å². The highest BCUT2D eigenvalue weighted by molar-refractivity contribution is 7.85. The number of aliphatic carboxylic acids is 1. The Morgan fingerprint density at radius 2 is 1.71 bits per heavy atom. The lowest BCUT2D eigenvalue weighted by molar-refractivity contribution is -0.132. The van der Waals surface area contributed by atoms with Gasteiger partial charge in [-0.2, -0.15) is 0 Å². The van der Waals surface area contributed by atoms with Gasteiger partial charge in [-0.1, -0.05) is 44.2 Å². The van der Waals surface area contributed by atoms with E-state index in [9.17, 15) is 28.5 Å². The molecule has 2 aromatic rings. The average Bonchev–Trinajstić information content (AvgIpc) is 2.86. The molecule has 204 valence electrons. The molecule has 0 aromatic heterocycles. The summed E-state index contributed by atoms with van der Waals surface area (Å²) >= 11 is 0. The molecule has 0 fully saturated rings. The highest BCUT2D eigenvalue weighted by atomic mass is 32.2. The number of carbonyl (C=O) groups excluding carboxylic acids is 3. The third kappa shape index (κ3) is 9.47. The molecule has 2 aromatic carbocycles. The van der Waals surface area contributed by atoms with Gasteiger partial charge in [0.25, 0.3) is 0 Å². The fourth-order valence-electron chi connectivity index (χ4n) is 3.51. The molecule has 0 aliphatic carbocycles. The fourth-order valence-corrected chi connectivity index (χ4v) is 4.62. The lowest BCUT2D eigenvalue weighted by atomic mass is 10.0. The minimum absolute atomic E-state index is 0.0965. The summed E-state index contributed by atoms with van der Waals surface area (Å²) in [5.74, 6) is -3.33. The smallest absolute Gasteiger partial charge is 0.330 e. The van der Waals surface area contributed by atoms with Gasteiger partial charge in [-0.3, -0.25) is 18.6 Å². The number of methoxy groups -OCH3 is 2. The van der Waals surface area contributed by atoms with Crippen LogP contribution in [0.15, 0.2) is 60.3 Å². The van der Waals surface area contributed by atoms with Crippen LogP contribution in [0.25, 0.3) is 0 Å². The molecule has 0 aliphatic rings. The number of nitrogens with one attached hydrogen (secondary N) is 2. The SMILES string of the molecule is COc1ccc(OC)c(CC(=O)N[C@H](C(=O)NC(=CC(=O)O)C(=O)CS(=O)Cc2ccccc2)C(C)C)c1. The van der Waals surface area contributed by atoms with Crippen molar-refractivity contribution in [2.75, 3.05) is 20.0 Å². The number of rotatable bonds is 14. The van der Waals surface area contributed by atoms with Crippen LogP contribution in [0.4, 0.5) is 0 Å². The molecule has 38 heavy (non-hydrogen) atoms. The molecule has 2 amide bonds. The standard InChI is InChI=1S/C27H32N2O8S/c1-17(2)26(29-24(31)13-19-12-20(36-3)10-11-23(19)37-4)27(34)28-21(14-25(32)33)22(30)16-38(35)15-18-8-6-5-7-9-18/h5-12,14,17,26H,13,15-16H2,1-4H3,(H,28,34)(H,29,31)(H,32,33)/t26-,38?/m0/s1. The molecule has 0 aliphatic heterocycles. The van der Waals surface area contributed by atoms with Crippen LogP contribution in [0.5, 0.6) is 11.5 Å². The van der Waals surface area contributed by atoms with Crippen molar-refractivity contribution in [1.82, 2.24) is 10.6 Å². The lowest BCUT2D eigenvalue weighted by Crippen LogP contribution is -2.50. The van der Waals surface area contributed by atoms with Gasteiger partial charge in [0.2, 0.25) is 11.8 Å². The van der Waals surface area contributed by atoms with Crippen LogP contribution in [0.3, 0.4) is 0 Å². The van der Waals surface area contributed by atoms with E-state index in [0.717, 1.165) is 5.56 Å². The van der Waals surface area contributed by atoms with E-state index in [1.54, 1.807) is 62.4 Å². The molecular weight excluding hydrogens is 512 g/mol. The fraction of sp³-hybridized carbons (Fsp3) is 0.333. The molecule has 0 spiro atoms. The zero-order valence-corrected chi connectivity index (χ0v) is 22.5. The average molecular weight is 545 g/mol. The Kier molecular flexibility index (Phi) is 11.7. The minimum atomic E-state index is -1.64. The number of carboxylic acids is 1. The van der Waals surface area contributed by atoms with Crippen molar-refractivity contribution in [2.45, 2.75) is 32.1 Å². The molecule has 0 saturated carbocycles. The number of Topliss-reactive ketones (excluding diaryl/α,β-unsaturated/α-hetero) is 1. The van der Waals surface area contributed by atoms with Gasteiger partial charge in [0.1, 0.15) is 17.5 Å². The minimum Gasteiger partial charge on any atom is -0.497 e.